The molecule has 0 heterocycles. The lowest BCUT2D eigenvalue weighted by molar-refractivity contribution is -0.167. The van der Waals surface area contributed by atoms with Crippen LogP contribution in [0.5, 0.6) is 0 Å². The van der Waals surface area contributed by atoms with Crippen LogP contribution in [0.4, 0.5) is 0 Å². The first-order chi connectivity index (χ1) is 7.33. The number of hydrogen-bond donors (Lipinski definition) is 0. The van der Waals surface area contributed by atoms with Crippen molar-refractivity contribution in [1.82, 2.24) is 0 Å². The van der Waals surface area contributed by atoms with Crippen LogP contribution in [0, 0.1) is 5.41 Å². The number of rotatable bonds is 6. The van der Waals surface area contributed by atoms with Gasteiger partial charge in [-0.25, -0.2) is 0 Å². The van der Waals surface area contributed by atoms with Gasteiger partial charge in [-0.3, -0.25) is 0 Å². The third-order valence-electron chi connectivity index (χ3n) is 2.27. The Labute approximate surface area is 108 Å². The molecule has 0 spiro atoms. The summed E-state index contributed by atoms with van der Waals surface area (Å²) in [5.41, 5.74) is -0.0837. The van der Waals surface area contributed by atoms with Crippen molar-refractivity contribution in [3.63, 3.8) is 0 Å². The average Bonchev–Trinajstić information content (AvgIpc) is 1.93. The van der Waals surface area contributed by atoms with E-state index in [1.807, 2.05) is 0 Å². The minimum Gasteiger partial charge on any atom is -0.376 e. The van der Waals surface area contributed by atoms with E-state index in [0.29, 0.717) is 6.61 Å². The summed E-state index contributed by atoms with van der Waals surface area (Å²) < 4.78 is 11.9. The second kappa shape index (κ2) is 5.71. The highest BCUT2D eigenvalue weighted by Crippen LogP contribution is 2.32. The number of ether oxygens (including phenoxy) is 2. The molecule has 0 rings (SSSR count). The first kappa shape index (κ1) is 16.9. The Balaban J connectivity index is 4.37. The van der Waals surface area contributed by atoms with Crippen molar-refractivity contribution in [2.45, 2.75) is 86.0 Å². The third kappa shape index (κ3) is 9.61. The molecular weight excluding hydrogens is 212 g/mol. The molecule has 17 heavy (non-hydrogen) atoms. The zero-order chi connectivity index (χ0) is 13.9. The van der Waals surface area contributed by atoms with Gasteiger partial charge in [0.15, 0.2) is 0 Å². The molecule has 2 heteroatoms. The van der Waals surface area contributed by atoms with Crippen molar-refractivity contribution in [2.75, 3.05) is 6.61 Å². The molecule has 0 aromatic rings. The van der Waals surface area contributed by atoms with Crippen LogP contribution in [-0.4, -0.2) is 23.9 Å². The molecule has 0 unspecified atom stereocenters. The van der Waals surface area contributed by atoms with Gasteiger partial charge in [-0.1, -0.05) is 20.8 Å². The van der Waals surface area contributed by atoms with Gasteiger partial charge in [0.2, 0.25) is 0 Å². The van der Waals surface area contributed by atoms with E-state index in [2.05, 4.69) is 62.3 Å². The topological polar surface area (TPSA) is 18.5 Å². The first-order valence-corrected chi connectivity index (χ1v) is 6.65. The van der Waals surface area contributed by atoms with Gasteiger partial charge in [0.1, 0.15) is 0 Å². The average molecular weight is 244 g/mol. The summed E-state index contributed by atoms with van der Waals surface area (Å²) in [4.78, 5) is 0. The molecule has 0 amide bonds. The molecule has 0 saturated heterocycles. The Hall–Kier alpha value is -0.0800. The molecule has 0 fully saturated rings. The SMILES string of the molecule is CC(C)OCC(C)(C)OC(C)(C)CC(C)(C)C. The Morgan fingerprint density at radius 3 is 1.65 bits per heavy atom. The highest BCUT2D eigenvalue weighted by Gasteiger charge is 2.33. The molecule has 104 valence electrons. The minimum atomic E-state index is -0.237. The molecule has 0 aromatic carbocycles. The van der Waals surface area contributed by atoms with Crippen molar-refractivity contribution >= 4 is 0 Å². The highest BCUT2D eigenvalue weighted by atomic mass is 16.6. The lowest BCUT2D eigenvalue weighted by Crippen LogP contribution is -2.42. The zero-order valence-corrected chi connectivity index (χ0v) is 13.3. The fourth-order valence-electron chi connectivity index (χ4n) is 2.46. The van der Waals surface area contributed by atoms with E-state index >= 15 is 0 Å². The molecule has 0 saturated carbocycles. The maximum Gasteiger partial charge on any atom is 0.0866 e. The fraction of sp³-hybridized carbons (Fsp3) is 1.00. The van der Waals surface area contributed by atoms with Gasteiger partial charge in [0.25, 0.3) is 0 Å². The smallest absolute Gasteiger partial charge is 0.0866 e. The molecule has 0 aliphatic carbocycles. The van der Waals surface area contributed by atoms with Crippen molar-refractivity contribution in [3.8, 4) is 0 Å². The molecule has 0 aromatic heterocycles. The Bertz CT molecular complexity index is 222. The van der Waals surface area contributed by atoms with Gasteiger partial charge < -0.3 is 9.47 Å². The largest absolute Gasteiger partial charge is 0.376 e. The summed E-state index contributed by atoms with van der Waals surface area (Å²) in [7, 11) is 0. The molecule has 0 aliphatic heterocycles. The van der Waals surface area contributed by atoms with Gasteiger partial charge in [-0.2, -0.15) is 0 Å². The van der Waals surface area contributed by atoms with Crippen LogP contribution < -0.4 is 0 Å². The highest BCUT2D eigenvalue weighted by molar-refractivity contribution is 4.81. The summed E-state index contributed by atoms with van der Waals surface area (Å²) in [5.74, 6) is 0. The summed E-state index contributed by atoms with van der Waals surface area (Å²) >= 11 is 0. The van der Waals surface area contributed by atoms with E-state index in [9.17, 15) is 0 Å². The summed E-state index contributed by atoms with van der Waals surface area (Å²) in [5, 5.41) is 0. The molecule has 0 N–H and O–H groups in total. The standard InChI is InChI=1S/C15H32O2/c1-12(2)16-11-15(8,9)17-14(6,7)10-13(3,4)5/h12H,10-11H2,1-9H3. The molecule has 0 atom stereocenters. The number of hydrogen-bond acceptors (Lipinski definition) is 2. The van der Waals surface area contributed by atoms with Crippen molar-refractivity contribution in [2.24, 2.45) is 5.41 Å². The normalized spacial score (nSPS) is 14.5. The maximum absolute atomic E-state index is 6.23. The predicted molar refractivity (Wildman–Crippen MR) is 74.4 cm³/mol. The zero-order valence-electron chi connectivity index (χ0n) is 13.3. The lowest BCUT2D eigenvalue weighted by Gasteiger charge is -2.39. The van der Waals surface area contributed by atoms with Crippen LogP contribution >= 0.6 is 0 Å². The molecule has 0 aliphatic rings. The van der Waals surface area contributed by atoms with Crippen LogP contribution in [-0.2, 0) is 9.47 Å². The van der Waals surface area contributed by atoms with Crippen molar-refractivity contribution < 1.29 is 9.47 Å². The van der Waals surface area contributed by atoms with Crippen LogP contribution in [0.1, 0.15) is 68.7 Å². The van der Waals surface area contributed by atoms with Gasteiger partial charge in [-0.05, 0) is 53.4 Å². The monoisotopic (exact) mass is 244 g/mol. The molecule has 0 bridgehead atoms. The maximum atomic E-state index is 6.23. The van der Waals surface area contributed by atoms with E-state index < -0.39 is 0 Å². The molecule has 2 nitrogen and oxygen atoms in total. The van der Waals surface area contributed by atoms with Gasteiger partial charge in [-0.15, -0.1) is 0 Å². The van der Waals surface area contributed by atoms with Crippen LogP contribution in [0.25, 0.3) is 0 Å². The molecule has 0 radical (unpaired) electrons. The fourth-order valence-corrected chi connectivity index (χ4v) is 2.46. The Morgan fingerprint density at radius 2 is 1.29 bits per heavy atom. The summed E-state index contributed by atoms with van der Waals surface area (Å²) in [6.45, 7) is 20.0. The predicted octanol–water partition coefficient (Wildman–Crippen LogP) is 4.42. The second-order valence-corrected chi connectivity index (χ2v) is 7.72. The van der Waals surface area contributed by atoms with Crippen LogP contribution in [0.15, 0.2) is 0 Å². The van der Waals surface area contributed by atoms with E-state index in [1.165, 1.54) is 0 Å². The van der Waals surface area contributed by atoms with Crippen molar-refractivity contribution in [3.05, 3.63) is 0 Å². The Morgan fingerprint density at radius 1 is 0.824 bits per heavy atom. The third-order valence-corrected chi connectivity index (χ3v) is 2.27. The minimum absolute atomic E-state index is 0.123. The summed E-state index contributed by atoms with van der Waals surface area (Å²) in [6, 6.07) is 0. The van der Waals surface area contributed by atoms with E-state index in [4.69, 9.17) is 9.47 Å². The lowest BCUT2D eigenvalue weighted by atomic mass is 9.83. The summed E-state index contributed by atoms with van der Waals surface area (Å²) in [6.07, 6.45) is 1.29. The van der Waals surface area contributed by atoms with Crippen LogP contribution in [0.3, 0.4) is 0 Å². The van der Waals surface area contributed by atoms with E-state index in [0.717, 1.165) is 6.42 Å². The first-order valence-electron chi connectivity index (χ1n) is 6.65. The van der Waals surface area contributed by atoms with E-state index in [-0.39, 0.29) is 22.7 Å². The second-order valence-electron chi connectivity index (χ2n) is 7.72. The molecular formula is C15H32O2. The van der Waals surface area contributed by atoms with Crippen molar-refractivity contribution in [1.29, 1.82) is 0 Å². The van der Waals surface area contributed by atoms with E-state index in [1.54, 1.807) is 0 Å². The Kier molecular flexibility index (Phi) is 5.68. The van der Waals surface area contributed by atoms with Gasteiger partial charge in [0, 0.05) is 0 Å². The quantitative estimate of drug-likeness (QED) is 0.688. The van der Waals surface area contributed by atoms with Crippen LogP contribution in [0.2, 0.25) is 0 Å². The van der Waals surface area contributed by atoms with Gasteiger partial charge >= 0.3 is 0 Å². The van der Waals surface area contributed by atoms with Gasteiger partial charge in [0.05, 0.1) is 23.9 Å².